The van der Waals surface area contributed by atoms with Crippen molar-refractivity contribution in [1.29, 1.82) is 0 Å². The van der Waals surface area contributed by atoms with Gasteiger partial charge in [-0.15, -0.1) is 0 Å². The number of nitrogens with one attached hydrogen (secondary N) is 1. The molecule has 4 amide bonds. The Bertz CT molecular complexity index is 1130. The van der Waals surface area contributed by atoms with E-state index in [1.165, 1.54) is 11.0 Å². The van der Waals surface area contributed by atoms with Crippen LogP contribution in [-0.2, 0) is 38.4 Å². The highest BCUT2D eigenvalue weighted by atomic mass is 35.5. The Morgan fingerprint density at radius 3 is 2.31 bits per heavy atom. The number of amides is 4. The molecule has 4 rings (SSSR count). The average Bonchev–Trinajstić information content (AvgIpc) is 3.49. The smallest absolute Gasteiger partial charge is 0.417 e. The molecule has 0 spiro atoms. The van der Waals surface area contributed by atoms with E-state index in [0.717, 1.165) is 11.0 Å². The molecule has 0 radical (unpaired) electrons. The number of urea groups is 1. The molecule has 1 aromatic carbocycles. The molecule has 196 valence electrons. The SMILES string of the molecule is CC(C)(C)C(=O)OCN1C(=O)NC(CCC(=O)N2Cc3cc(Cl)c(C(F)(F)F)cc3C2)(C2CC2)C1=O. The zero-order chi connectivity index (χ0) is 26.6. The lowest BCUT2D eigenvalue weighted by Gasteiger charge is -2.27. The van der Waals surface area contributed by atoms with E-state index in [9.17, 15) is 32.3 Å². The molecule has 36 heavy (non-hydrogen) atoms. The summed E-state index contributed by atoms with van der Waals surface area (Å²) in [6.45, 7) is 4.53. The fourth-order valence-corrected chi connectivity index (χ4v) is 4.90. The fourth-order valence-electron chi connectivity index (χ4n) is 4.60. The number of rotatable bonds is 6. The van der Waals surface area contributed by atoms with Crippen LogP contribution in [0.15, 0.2) is 12.1 Å². The van der Waals surface area contributed by atoms with E-state index in [1.807, 2.05) is 0 Å². The molecule has 2 aliphatic heterocycles. The van der Waals surface area contributed by atoms with Crippen LogP contribution in [0.3, 0.4) is 0 Å². The summed E-state index contributed by atoms with van der Waals surface area (Å²) >= 11 is 5.80. The van der Waals surface area contributed by atoms with E-state index >= 15 is 0 Å². The lowest BCUT2D eigenvalue weighted by molar-refractivity contribution is -0.158. The topological polar surface area (TPSA) is 96.0 Å². The molecule has 0 bridgehead atoms. The third-order valence-electron chi connectivity index (χ3n) is 6.82. The predicted molar refractivity (Wildman–Crippen MR) is 121 cm³/mol. The highest BCUT2D eigenvalue weighted by Gasteiger charge is 2.59. The monoisotopic (exact) mass is 529 g/mol. The minimum absolute atomic E-state index is 0.0000293. The van der Waals surface area contributed by atoms with Crippen molar-refractivity contribution in [3.8, 4) is 0 Å². The number of hydrogen-bond donors (Lipinski definition) is 1. The average molecular weight is 530 g/mol. The van der Waals surface area contributed by atoms with Gasteiger partial charge >= 0.3 is 18.2 Å². The van der Waals surface area contributed by atoms with Crippen LogP contribution in [0, 0.1) is 11.3 Å². The second-order valence-electron chi connectivity index (χ2n) is 10.6. The molecule has 2 heterocycles. The predicted octanol–water partition coefficient (Wildman–Crippen LogP) is 4.23. The fraction of sp³-hybridized carbons (Fsp3) is 0.583. The van der Waals surface area contributed by atoms with Crippen LogP contribution in [0.2, 0.25) is 5.02 Å². The van der Waals surface area contributed by atoms with Gasteiger partial charge in [0.25, 0.3) is 5.91 Å². The highest BCUT2D eigenvalue weighted by molar-refractivity contribution is 6.31. The first kappa shape index (κ1) is 26.2. The second-order valence-corrected chi connectivity index (χ2v) is 11.0. The number of halogens is 4. The van der Waals surface area contributed by atoms with Crippen LogP contribution in [0.4, 0.5) is 18.0 Å². The standard InChI is InChI=1S/C24H27ClF3N3O5/c1-22(2,3)20(34)36-12-31-19(33)23(15-4-5-15,29-21(31)35)7-6-18(32)30-10-13-8-16(24(26,27)28)17(25)9-14(13)11-30/h8-9,15H,4-7,10-12H2,1-3H3,(H,29,35). The van der Waals surface area contributed by atoms with Gasteiger partial charge in [0.05, 0.1) is 16.0 Å². The van der Waals surface area contributed by atoms with Crippen molar-refractivity contribution < 1.29 is 37.1 Å². The number of carbonyl (C=O) groups is 4. The van der Waals surface area contributed by atoms with Crippen molar-refractivity contribution in [2.24, 2.45) is 11.3 Å². The Labute approximate surface area is 211 Å². The van der Waals surface area contributed by atoms with Crippen LogP contribution in [0.1, 0.15) is 63.1 Å². The van der Waals surface area contributed by atoms with Crippen LogP contribution < -0.4 is 5.32 Å². The molecule has 0 aromatic heterocycles. The molecular formula is C24H27ClF3N3O5. The number of fused-ring (bicyclic) bond motifs is 1. The Morgan fingerprint density at radius 2 is 1.75 bits per heavy atom. The molecule has 2 fully saturated rings. The Hall–Kier alpha value is -2.82. The van der Waals surface area contributed by atoms with Crippen molar-refractivity contribution in [3.05, 3.63) is 33.8 Å². The molecule has 8 nitrogen and oxygen atoms in total. The number of esters is 1. The molecule has 1 aliphatic carbocycles. The maximum Gasteiger partial charge on any atom is 0.417 e. The van der Waals surface area contributed by atoms with Gasteiger partial charge in [-0.1, -0.05) is 11.6 Å². The van der Waals surface area contributed by atoms with Crippen molar-refractivity contribution in [2.75, 3.05) is 6.73 Å². The van der Waals surface area contributed by atoms with Crippen molar-refractivity contribution in [1.82, 2.24) is 15.1 Å². The Morgan fingerprint density at radius 1 is 1.14 bits per heavy atom. The minimum atomic E-state index is -4.60. The van der Waals surface area contributed by atoms with E-state index < -0.39 is 52.4 Å². The number of benzene rings is 1. The van der Waals surface area contributed by atoms with Crippen LogP contribution >= 0.6 is 11.6 Å². The third-order valence-corrected chi connectivity index (χ3v) is 7.13. The number of alkyl halides is 3. The van der Waals surface area contributed by atoms with E-state index in [1.54, 1.807) is 20.8 Å². The number of ether oxygens (including phenoxy) is 1. The number of imide groups is 1. The van der Waals surface area contributed by atoms with Gasteiger partial charge in [-0.25, -0.2) is 9.69 Å². The van der Waals surface area contributed by atoms with Gasteiger partial charge in [-0.2, -0.15) is 13.2 Å². The first-order chi connectivity index (χ1) is 16.6. The molecule has 12 heteroatoms. The summed E-state index contributed by atoms with van der Waals surface area (Å²) in [7, 11) is 0. The van der Waals surface area contributed by atoms with Crippen molar-refractivity contribution >= 4 is 35.4 Å². The summed E-state index contributed by atoms with van der Waals surface area (Å²) in [6, 6.07) is 1.51. The first-order valence-corrected chi connectivity index (χ1v) is 12.0. The van der Waals surface area contributed by atoms with E-state index in [2.05, 4.69) is 5.32 Å². The quantitative estimate of drug-likeness (QED) is 0.439. The highest BCUT2D eigenvalue weighted by Crippen LogP contribution is 2.46. The van der Waals surface area contributed by atoms with Crippen LogP contribution in [-0.4, -0.2) is 45.9 Å². The minimum Gasteiger partial charge on any atom is -0.443 e. The molecule has 1 N–H and O–H groups in total. The summed E-state index contributed by atoms with van der Waals surface area (Å²) < 4.78 is 44.7. The maximum absolute atomic E-state index is 13.3. The molecule has 3 aliphatic rings. The van der Waals surface area contributed by atoms with Crippen molar-refractivity contribution in [3.63, 3.8) is 0 Å². The van der Waals surface area contributed by atoms with Gasteiger partial charge in [-0.05, 0) is 69.2 Å². The number of nitrogens with zero attached hydrogens (tertiary/aromatic N) is 2. The van der Waals surface area contributed by atoms with E-state index in [0.29, 0.717) is 24.0 Å². The van der Waals surface area contributed by atoms with Gasteiger partial charge in [0.1, 0.15) is 5.54 Å². The molecule has 1 aromatic rings. The normalized spacial score (nSPS) is 22.1. The second kappa shape index (κ2) is 8.93. The van der Waals surface area contributed by atoms with E-state index in [-0.39, 0.29) is 37.8 Å². The van der Waals surface area contributed by atoms with Gasteiger partial charge in [-0.3, -0.25) is 14.4 Å². The largest absolute Gasteiger partial charge is 0.443 e. The summed E-state index contributed by atoms with van der Waals surface area (Å²) in [6.07, 6.45) is -3.26. The first-order valence-electron chi connectivity index (χ1n) is 11.6. The Kier molecular flexibility index (Phi) is 6.51. The zero-order valence-electron chi connectivity index (χ0n) is 20.1. The molecule has 1 saturated heterocycles. The van der Waals surface area contributed by atoms with Gasteiger partial charge < -0.3 is 15.0 Å². The molecule has 1 unspecified atom stereocenters. The summed E-state index contributed by atoms with van der Waals surface area (Å²) in [5.41, 5.74) is -2.13. The number of carbonyl (C=O) groups excluding carboxylic acids is 4. The Balaban J connectivity index is 1.42. The van der Waals surface area contributed by atoms with E-state index in [4.69, 9.17) is 16.3 Å². The number of hydrogen-bond acceptors (Lipinski definition) is 5. The maximum atomic E-state index is 13.3. The van der Waals surface area contributed by atoms with Gasteiger partial charge in [0.2, 0.25) is 5.91 Å². The van der Waals surface area contributed by atoms with Crippen LogP contribution in [0.5, 0.6) is 0 Å². The molecular weight excluding hydrogens is 503 g/mol. The van der Waals surface area contributed by atoms with Crippen molar-refractivity contribution in [2.45, 2.75) is 71.3 Å². The van der Waals surface area contributed by atoms with Gasteiger partial charge in [0.15, 0.2) is 6.73 Å². The lowest BCUT2D eigenvalue weighted by Crippen LogP contribution is -2.50. The lowest BCUT2D eigenvalue weighted by atomic mass is 9.87. The third kappa shape index (κ3) is 4.89. The van der Waals surface area contributed by atoms with Crippen LogP contribution in [0.25, 0.3) is 0 Å². The summed E-state index contributed by atoms with van der Waals surface area (Å²) in [5.74, 6) is -1.61. The summed E-state index contributed by atoms with van der Waals surface area (Å²) in [4.78, 5) is 53.2. The molecule has 1 atom stereocenters. The zero-order valence-corrected chi connectivity index (χ0v) is 20.9. The van der Waals surface area contributed by atoms with Gasteiger partial charge in [0, 0.05) is 19.5 Å². The molecule has 1 saturated carbocycles. The summed E-state index contributed by atoms with van der Waals surface area (Å²) in [5, 5.41) is 2.30.